The molecule has 0 heterocycles. The minimum absolute atomic E-state index is 0.112. The largest absolute Gasteiger partial charge is 0.480 e. The van der Waals surface area contributed by atoms with Crippen molar-refractivity contribution in [3.63, 3.8) is 0 Å². The lowest BCUT2D eigenvalue weighted by molar-refractivity contribution is -0.149. The number of hydrogen-bond donors (Lipinski definition) is 3. The zero-order valence-corrected chi connectivity index (χ0v) is 14.6. The predicted molar refractivity (Wildman–Crippen MR) is 90.3 cm³/mol. The van der Waals surface area contributed by atoms with Crippen LogP contribution in [0.1, 0.15) is 71.1 Å². The molecule has 0 unspecified atom stereocenters. The molecule has 2 aliphatic carbocycles. The summed E-state index contributed by atoms with van der Waals surface area (Å²) in [5.41, 5.74) is -1.17. The molecule has 0 bridgehead atoms. The third kappa shape index (κ3) is 5.21. The highest BCUT2D eigenvalue weighted by molar-refractivity contribution is 5.90. The first-order chi connectivity index (χ1) is 11.4. The molecule has 0 aromatic heterocycles. The highest BCUT2D eigenvalue weighted by Crippen LogP contribution is 2.32. The fourth-order valence-corrected chi connectivity index (χ4v) is 3.86. The lowest BCUT2D eigenvalue weighted by atomic mass is 9.77. The topological polar surface area (TPSA) is 95.5 Å². The number of hydrogen-bond acceptors (Lipinski definition) is 3. The predicted octanol–water partition coefficient (Wildman–Crippen LogP) is 2.22. The van der Waals surface area contributed by atoms with Crippen LogP contribution in [0.25, 0.3) is 0 Å². The molecule has 2 fully saturated rings. The van der Waals surface area contributed by atoms with Crippen molar-refractivity contribution in [1.29, 1.82) is 0 Å². The number of rotatable bonds is 6. The molecule has 0 aromatic carbocycles. The fourth-order valence-electron chi connectivity index (χ4n) is 3.86. The number of carbonyl (C=O) groups excluding carboxylic acids is 2. The van der Waals surface area contributed by atoms with Gasteiger partial charge in [0.05, 0.1) is 6.54 Å². The normalized spacial score (nSPS) is 28.1. The van der Waals surface area contributed by atoms with Gasteiger partial charge in [0, 0.05) is 6.42 Å². The molecule has 0 saturated heterocycles. The van der Waals surface area contributed by atoms with E-state index in [9.17, 15) is 19.5 Å². The molecule has 136 valence electrons. The van der Waals surface area contributed by atoms with Gasteiger partial charge in [-0.15, -0.1) is 0 Å². The second kappa shape index (κ2) is 8.49. The molecule has 6 nitrogen and oxygen atoms in total. The van der Waals surface area contributed by atoms with Gasteiger partial charge in [-0.2, -0.15) is 0 Å². The lowest BCUT2D eigenvalue weighted by Gasteiger charge is -2.36. The summed E-state index contributed by atoms with van der Waals surface area (Å²) in [5, 5.41) is 14.8. The number of nitrogens with one attached hydrogen (secondary N) is 2. The minimum atomic E-state index is -1.17. The number of carbonyl (C=O) groups is 3. The zero-order chi connectivity index (χ0) is 17.6. The van der Waals surface area contributed by atoms with Crippen molar-refractivity contribution in [2.24, 2.45) is 11.8 Å². The lowest BCUT2D eigenvalue weighted by Crippen LogP contribution is -2.58. The van der Waals surface area contributed by atoms with Crippen LogP contribution in [0.3, 0.4) is 0 Å². The van der Waals surface area contributed by atoms with Crippen molar-refractivity contribution >= 4 is 17.8 Å². The van der Waals surface area contributed by atoms with Crippen LogP contribution in [0.15, 0.2) is 0 Å². The molecule has 0 radical (unpaired) electrons. The van der Waals surface area contributed by atoms with Crippen molar-refractivity contribution in [3.05, 3.63) is 0 Å². The standard InChI is InChI=1S/C18H30N2O4/c1-13-7-9-18(10-8-13,17(23)24)20-16(22)12-19-15(21)11-14-5-3-2-4-6-14/h13-14H,2-12H2,1H3,(H,19,21)(H,20,22)(H,23,24). The highest BCUT2D eigenvalue weighted by Gasteiger charge is 2.42. The average molecular weight is 338 g/mol. The average Bonchev–Trinajstić information content (AvgIpc) is 2.56. The first-order valence-electron chi connectivity index (χ1n) is 9.22. The molecule has 2 aliphatic rings. The maximum absolute atomic E-state index is 12.1. The molecule has 2 amide bonds. The number of carboxylic acid groups (broad SMARTS) is 1. The summed E-state index contributed by atoms with van der Waals surface area (Å²) in [6, 6.07) is 0. The van der Waals surface area contributed by atoms with Gasteiger partial charge in [-0.25, -0.2) is 4.79 Å². The second-order valence-electron chi connectivity index (χ2n) is 7.60. The quantitative estimate of drug-likeness (QED) is 0.692. The number of aliphatic carboxylic acids is 1. The highest BCUT2D eigenvalue weighted by atomic mass is 16.4. The summed E-state index contributed by atoms with van der Waals surface area (Å²) in [4.78, 5) is 35.7. The van der Waals surface area contributed by atoms with Crippen molar-refractivity contribution in [2.75, 3.05) is 6.54 Å². The maximum atomic E-state index is 12.1. The van der Waals surface area contributed by atoms with Crippen LogP contribution >= 0.6 is 0 Å². The molecule has 3 N–H and O–H groups in total. The van der Waals surface area contributed by atoms with Crippen LogP contribution in [-0.4, -0.2) is 35.0 Å². The Bertz CT molecular complexity index is 464. The van der Waals surface area contributed by atoms with Crippen LogP contribution in [0.2, 0.25) is 0 Å². The Morgan fingerprint density at radius 2 is 1.62 bits per heavy atom. The molecular formula is C18H30N2O4. The molecule has 2 saturated carbocycles. The summed E-state index contributed by atoms with van der Waals surface area (Å²) < 4.78 is 0. The van der Waals surface area contributed by atoms with Crippen molar-refractivity contribution in [3.8, 4) is 0 Å². The zero-order valence-electron chi connectivity index (χ0n) is 14.6. The smallest absolute Gasteiger partial charge is 0.329 e. The van der Waals surface area contributed by atoms with E-state index in [1.807, 2.05) is 0 Å². The van der Waals surface area contributed by atoms with Gasteiger partial charge in [-0.05, 0) is 50.4 Å². The van der Waals surface area contributed by atoms with Crippen LogP contribution in [0, 0.1) is 11.8 Å². The summed E-state index contributed by atoms with van der Waals surface area (Å²) in [6.45, 7) is 1.95. The third-order valence-electron chi connectivity index (χ3n) is 5.56. The SMILES string of the molecule is CC1CCC(NC(=O)CNC(=O)CC2CCCCC2)(C(=O)O)CC1. The van der Waals surface area contributed by atoms with Gasteiger partial charge in [0.1, 0.15) is 5.54 Å². The van der Waals surface area contributed by atoms with Crippen LogP contribution in [0.4, 0.5) is 0 Å². The van der Waals surface area contributed by atoms with Crippen molar-refractivity contribution in [2.45, 2.75) is 76.7 Å². The molecule has 0 aliphatic heterocycles. The van der Waals surface area contributed by atoms with Gasteiger partial charge < -0.3 is 15.7 Å². The third-order valence-corrected chi connectivity index (χ3v) is 5.56. The van der Waals surface area contributed by atoms with E-state index in [0.717, 1.165) is 25.7 Å². The summed E-state index contributed by atoms with van der Waals surface area (Å²) in [5.74, 6) is -0.588. The molecular weight excluding hydrogens is 308 g/mol. The molecule has 2 rings (SSSR count). The Labute approximate surface area is 143 Å². The molecule has 24 heavy (non-hydrogen) atoms. The van der Waals surface area contributed by atoms with Crippen molar-refractivity contribution < 1.29 is 19.5 Å². The van der Waals surface area contributed by atoms with E-state index >= 15 is 0 Å². The van der Waals surface area contributed by atoms with E-state index in [1.165, 1.54) is 19.3 Å². The minimum Gasteiger partial charge on any atom is -0.480 e. The molecule has 0 atom stereocenters. The molecule has 6 heteroatoms. The van der Waals surface area contributed by atoms with E-state index in [-0.39, 0.29) is 12.5 Å². The van der Waals surface area contributed by atoms with Gasteiger partial charge in [0.15, 0.2) is 0 Å². The second-order valence-corrected chi connectivity index (χ2v) is 7.60. The number of amides is 2. The van der Waals surface area contributed by atoms with E-state index in [4.69, 9.17) is 0 Å². The Kier molecular flexibility index (Phi) is 6.63. The summed E-state index contributed by atoms with van der Waals surface area (Å²) >= 11 is 0. The monoisotopic (exact) mass is 338 g/mol. The van der Waals surface area contributed by atoms with E-state index < -0.39 is 17.4 Å². The van der Waals surface area contributed by atoms with Crippen molar-refractivity contribution in [1.82, 2.24) is 10.6 Å². The van der Waals surface area contributed by atoms with Gasteiger partial charge in [-0.3, -0.25) is 9.59 Å². The number of carboxylic acids is 1. The van der Waals surface area contributed by atoms with Gasteiger partial charge >= 0.3 is 5.97 Å². The maximum Gasteiger partial charge on any atom is 0.329 e. The van der Waals surface area contributed by atoms with Crippen LogP contribution in [-0.2, 0) is 14.4 Å². The first kappa shape index (κ1) is 18.7. The van der Waals surface area contributed by atoms with E-state index in [0.29, 0.717) is 31.1 Å². The van der Waals surface area contributed by atoms with E-state index in [1.54, 1.807) is 0 Å². The summed E-state index contributed by atoms with van der Waals surface area (Å²) in [6.07, 6.45) is 8.72. The van der Waals surface area contributed by atoms with Gasteiger partial charge in [0.25, 0.3) is 0 Å². The fraction of sp³-hybridized carbons (Fsp3) is 0.833. The molecule has 0 spiro atoms. The van der Waals surface area contributed by atoms with E-state index in [2.05, 4.69) is 17.6 Å². The van der Waals surface area contributed by atoms with Crippen LogP contribution < -0.4 is 10.6 Å². The Balaban J connectivity index is 1.76. The summed E-state index contributed by atoms with van der Waals surface area (Å²) in [7, 11) is 0. The Hall–Kier alpha value is -1.59. The first-order valence-corrected chi connectivity index (χ1v) is 9.22. The van der Waals surface area contributed by atoms with Gasteiger partial charge in [0.2, 0.25) is 11.8 Å². The Morgan fingerprint density at radius 1 is 1.00 bits per heavy atom. The van der Waals surface area contributed by atoms with Gasteiger partial charge in [-0.1, -0.05) is 26.2 Å². The Morgan fingerprint density at radius 3 is 2.21 bits per heavy atom. The molecule has 0 aromatic rings. The van der Waals surface area contributed by atoms with Crippen LogP contribution in [0.5, 0.6) is 0 Å².